The molecule has 3 heteroatoms. The second-order valence-electron chi connectivity index (χ2n) is 5.22. The van der Waals surface area contributed by atoms with Gasteiger partial charge >= 0.3 is 0 Å². The Hall–Kier alpha value is -1.64. The third kappa shape index (κ3) is 2.49. The highest BCUT2D eigenvalue weighted by Crippen LogP contribution is 2.25. The van der Waals surface area contributed by atoms with Crippen molar-refractivity contribution in [2.24, 2.45) is 0 Å². The molecule has 1 heterocycles. The van der Waals surface area contributed by atoms with Crippen LogP contribution in [0.3, 0.4) is 0 Å². The Morgan fingerprint density at radius 2 is 1.60 bits per heavy atom. The average molecular weight is 286 g/mol. The largest absolute Gasteiger partial charge is 0.292 e. The van der Waals surface area contributed by atoms with E-state index in [1.165, 1.54) is 11.1 Å². The van der Waals surface area contributed by atoms with Crippen LogP contribution in [-0.4, -0.2) is 16.7 Å². The first-order valence-electron chi connectivity index (χ1n) is 6.76. The van der Waals surface area contributed by atoms with Crippen molar-refractivity contribution in [2.45, 2.75) is 26.1 Å². The third-order valence-corrected chi connectivity index (χ3v) is 4.17. The zero-order valence-electron chi connectivity index (χ0n) is 11.3. The summed E-state index contributed by atoms with van der Waals surface area (Å²) in [5.74, 6) is 0.148. The zero-order valence-corrected chi connectivity index (χ0v) is 12.1. The van der Waals surface area contributed by atoms with E-state index in [9.17, 15) is 4.79 Å². The summed E-state index contributed by atoms with van der Waals surface area (Å²) >= 11 is 5.86. The molecule has 0 saturated carbocycles. The van der Waals surface area contributed by atoms with Gasteiger partial charge in [0, 0.05) is 23.7 Å². The summed E-state index contributed by atoms with van der Waals surface area (Å²) in [5.41, 5.74) is 3.37. The highest BCUT2D eigenvalue weighted by molar-refractivity contribution is 6.30. The molecule has 0 spiro atoms. The predicted octanol–water partition coefficient (Wildman–Crippen LogP) is 3.93. The molecule has 1 aliphatic rings. The normalized spacial score (nSPS) is 15.9. The number of hydrogen-bond acceptors (Lipinski definition) is 2. The molecule has 0 saturated heterocycles. The van der Waals surface area contributed by atoms with Crippen LogP contribution in [0.25, 0.3) is 0 Å². The van der Waals surface area contributed by atoms with Gasteiger partial charge in [0.1, 0.15) is 0 Å². The van der Waals surface area contributed by atoms with Crippen LogP contribution in [0.5, 0.6) is 0 Å². The van der Waals surface area contributed by atoms with E-state index >= 15 is 0 Å². The van der Waals surface area contributed by atoms with Crippen molar-refractivity contribution in [2.75, 3.05) is 0 Å². The number of Topliss-reactive ketones (excluding diaryl/α,β-unsaturated/α-hetero) is 1. The highest BCUT2D eigenvalue weighted by Gasteiger charge is 2.27. The molecule has 0 aromatic heterocycles. The molecule has 102 valence electrons. The van der Waals surface area contributed by atoms with Gasteiger partial charge in [0.05, 0.1) is 6.04 Å². The first-order chi connectivity index (χ1) is 9.65. The molecule has 0 aliphatic carbocycles. The first kappa shape index (κ1) is 13.3. The summed E-state index contributed by atoms with van der Waals surface area (Å²) in [6.45, 7) is 3.66. The smallest absolute Gasteiger partial charge is 0.179 e. The third-order valence-electron chi connectivity index (χ3n) is 3.92. The molecule has 3 rings (SSSR count). The van der Waals surface area contributed by atoms with E-state index in [-0.39, 0.29) is 11.8 Å². The van der Waals surface area contributed by atoms with E-state index in [1.54, 1.807) is 24.3 Å². The Morgan fingerprint density at radius 3 is 2.15 bits per heavy atom. The molecule has 2 nitrogen and oxygen atoms in total. The van der Waals surface area contributed by atoms with E-state index in [0.29, 0.717) is 5.02 Å². The summed E-state index contributed by atoms with van der Waals surface area (Å²) in [6.07, 6.45) is 0. The fourth-order valence-electron chi connectivity index (χ4n) is 2.65. The zero-order chi connectivity index (χ0) is 14.1. The maximum Gasteiger partial charge on any atom is 0.179 e. The van der Waals surface area contributed by atoms with E-state index in [2.05, 4.69) is 17.0 Å². The fraction of sp³-hybridized carbons (Fsp3) is 0.235. The van der Waals surface area contributed by atoms with Crippen molar-refractivity contribution in [1.29, 1.82) is 0 Å². The quantitative estimate of drug-likeness (QED) is 0.797. The molecule has 0 amide bonds. The van der Waals surface area contributed by atoms with Gasteiger partial charge in [-0.25, -0.2) is 0 Å². The van der Waals surface area contributed by atoms with Crippen LogP contribution < -0.4 is 0 Å². The minimum atomic E-state index is -0.122. The van der Waals surface area contributed by atoms with Crippen LogP contribution >= 0.6 is 11.6 Å². The lowest BCUT2D eigenvalue weighted by atomic mass is 10.0. The minimum Gasteiger partial charge on any atom is -0.292 e. The average Bonchev–Trinajstić information content (AvgIpc) is 2.90. The monoisotopic (exact) mass is 285 g/mol. The van der Waals surface area contributed by atoms with Crippen LogP contribution in [0, 0.1) is 0 Å². The van der Waals surface area contributed by atoms with Gasteiger partial charge in [0.15, 0.2) is 5.78 Å². The standard InChI is InChI=1S/C17H16ClNO/c1-12(17(20)13-6-8-16(18)9-7-13)19-10-14-4-2-3-5-15(14)11-19/h2-9,12H,10-11H2,1H3. The van der Waals surface area contributed by atoms with E-state index in [4.69, 9.17) is 11.6 Å². The lowest BCUT2D eigenvalue weighted by Gasteiger charge is -2.22. The summed E-state index contributed by atoms with van der Waals surface area (Å²) in [5, 5.41) is 0.655. The first-order valence-corrected chi connectivity index (χ1v) is 7.13. The van der Waals surface area contributed by atoms with Gasteiger partial charge in [-0.15, -0.1) is 0 Å². The molecule has 0 bridgehead atoms. The Kier molecular flexibility index (Phi) is 3.60. The van der Waals surface area contributed by atoms with E-state index in [1.807, 2.05) is 19.1 Å². The van der Waals surface area contributed by atoms with E-state index < -0.39 is 0 Å². The molecular formula is C17H16ClNO. The molecule has 0 radical (unpaired) electrons. The molecule has 1 atom stereocenters. The Bertz CT molecular complexity index is 611. The number of rotatable bonds is 3. The summed E-state index contributed by atoms with van der Waals surface area (Å²) < 4.78 is 0. The lowest BCUT2D eigenvalue weighted by molar-refractivity contribution is 0.0835. The molecule has 2 aromatic carbocycles. The number of carbonyl (C=O) groups excluding carboxylic acids is 1. The Morgan fingerprint density at radius 1 is 1.05 bits per heavy atom. The number of benzene rings is 2. The van der Waals surface area contributed by atoms with Crippen molar-refractivity contribution < 1.29 is 4.79 Å². The van der Waals surface area contributed by atoms with E-state index in [0.717, 1.165) is 18.7 Å². The maximum atomic E-state index is 12.5. The SMILES string of the molecule is CC(C(=O)c1ccc(Cl)cc1)N1Cc2ccccc2C1. The molecule has 0 fully saturated rings. The van der Waals surface area contributed by atoms with Crippen LogP contribution in [0.15, 0.2) is 48.5 Å². The van der Waals surface area contributed by atoms with Gasteiger partial charge in [-0.3, -0.25) is 9.69 Å². The number of ketones is 1. The minimum absolute atomic E-state index is 0.122. The molecule has 1 aliphatic heterocycles. The Labute approximate surface area is 124 Å². The van der Waals surface area contributed by atoms with Gasteiger partial charge in [-0.2, -0.15) is 0 Å². The van der Waals surface area contributed by atoms with Crippen LogP contribution in [-0.2, 0) is 13.1 Å². The molecule has 20 heavy (non-hydrogen) atoms. The lowest BCUT2D eigenvalue weighted by Crippen LogP contribution is -2.35. The number of fused-ring (bicyclic) bond motifs is 1. The van der Waals surface area contributed by atoms with Crippen molar-refractivity contribution in [3.05, 3.63) is 70.2 Å². The fourth-order valence-corrected chi connectivity index (χ4v) is 2.78. The van der Waals surface area contributed by atoms with Crippen molar-refractivity contribution in [3.63, 3.8) is 0 Å². The second kappa shape index (κ2) is 5.39. The summed E-state index contributed by atoms with van der Waals surface area (Å²) in [7, 11) is 0. The highest BCUT2D eigenvalue weighted by atomic mass is 35.5. The molecule has 0 N–H and O–H groups in total. The van der Waals surface area contributed by atoms with Crippen LogP contribution in [0.2, 0.25) is 5.02 Å². The van der Waals surface area contributed by atoms with Gasteiger partial charge < -0.3 is 0 Å². The van der Waals surface area contributed by atoms with Gasteiger partial charge in [-0.1, -0.05) is 35.9 Å². The molecular weight excluding hydrogens is 270 g/mol. The van der Waals surface area contributed by atoms with Gasteiger partial charge in [-0.05, 0) is 42.3 Å². The number of carbonyl (C=O) groups is 1. The second-order valence-corrected chi connectivity index (χ2v) is 5.66. The van der Waals surface area contributed by atoms with Gasteiger partial charge in [0.25, 0.3) is 0 Å². The molecule has 2 aromatic rings. The predicted molar refractivity (Wildman–Crippen MR) is 80.9 cm³/mol. The van der Waals surface area contributed by atoms with Crippen LogP contribution in [0.1, 0.15) is 28.4 Å². The number of hydrogen-bond donors (Lipinski definition) is 0. The molecule has 1 unspecified atom stereocenters. The number of nitrogens with zero attached hydrogens (tertiary/aromatic N) is 1. The van der Waals surface area contributed by atoms with Crippen molar-refractivity contribution >= 4 is 17.4 Å². The topological polar surface area (TPSA) is 20.3 Å². The van der Waals surface area contributed by atoms with Crippen molar-refractivity contribution in [3.8, 4) is 0 Å². The summed E-state index contributed by atoms with van der Waals surface area (Å²) in [4.78, 5) is 14.7. The number of halogens is 1. The van der Waals surface area contributed by atoms with Crippen molar-refractivity contribution in [1.82, 2.24) is 4.90 Å². The Balaban J connectivity index is 1.76. The summed E-state index contributed by atoms with van der Waals surface area (Å²) in [6, 6.07) is 15.4. The van der Waals surface area contributed by atoms with Crippen LogP contribution in [0.4, 0.5) is 0 Å². The maximum absolute atomic E-state index is 12.5. The van der Waals surface area contributed by atoms with Gasteiger partial charge in [0.2, 0.25) is 0 Å².